The monoisotopic (exact) mass is 230 g/mol. The Bertz CT molecular complexity index is 93.0. The van der Waals surface area contributed by atoms with Crippen LogP contribution in [-0.4, -0.2) is 67.7 Å². The average Bonchev–Trinajstić information content (AvgIpc) is 0.722. The van der Waals surface area contributed by atoms with Crippen molar-refractivity contribution in [3.63, 3.8) is 0 Å². The van der Waals surface area contributed by atoms with Crippen molar-refractivity contribution in [1.82, 2.24) is 0 Å². The first-order valence-corrected chi connectivity index (χ1v) is 2.00. The van der Waals surface area contributed by atoms with E-state index in [0.717, 1.165) is 0 Å². The molecule has 0 heterocycles. The molecule has 0 aromatic heterocycles. The minimum absolute atomic E-state index is 0. The normalized spacial score (nSPS) is 4.83. The Hall–Kier alpha value is 0.162. The standard InChI is InChI=1S/Al.H2O4S.6H2O/c;1-5(2,3)4;;;;;;/h;(H2,1,2,3,4);6*1H2/q+3;;;;;;;/p-3. The summed E-state index contributed by atoms with van der Waals surface area (Å²) in [7, 11) is -5.17. The van der Waals surface area contributed by atoms with Crippen LogP contribution < -0.4 is 0 Å². The van der Waals surface area contributed by atoms with Gasteiger partial charge in [0.1, 0.15) is 0 Å². The molecule has 80 valence electrons. The van der Waals surface area contributed by atoms with Crippen LogP contribution >= 0.6 is 0 Å². The maximum atomic E-state index is 8.52. The Morgan fingerprint density at radius 2 is 0.750 bits per heavy atom. The van der Waals surface area contributed by atoms with Crippen molar-refractivity contribution in [2.45, 2.75) is 0 Å². The van der Waals surface area contributed by atoms with Gasteiger partial charge >= 0.3 is 17.4 Å². The van der Waals surface area contributed by atoms with Crippen molar-refractivity contribution in [2.75, 3.05) is 0 Å². The minimum atomic E-state index is -5.17. The van der Waals surface area contributed by atoms with Crippen LogP contribution in [0.3, 0.4) is 0 Å². The third-order valence-electron chi connectivity index (χ3n) is 0. The maximum absolute atomic E-state index is 8.52. The molecule has 0 rings (SSSR count). The van der Waals surface area contributed by atoms with Gasteiger partial charge in [0.25, 0.3) is 0 Å². The summed E-state index contributed by atoms with van der Waals surface area (Å²) in [5.41, 5.74) is 0. The second kappa shape index (κ2) is 30.4. The van der Waals surface area contributed by atoms with E-state index in [2.05, 4.69) is 0 Å². The van der Waals surface area contributed by atoms with Gasteiger partial charge in [-0.1, -0.05) is 0 Å². The van der Waals surface area contributed by atoms with Gasteiger partial charge in [-0.25, -0.2) is 0 Å². The molecule has 12 heteroatoms. The van der Waals surface area contributed by atoms with E-state index in [1.807, 2.05) is 0 Å². The Morgan fingerprint density at radius 1 is 0.750 bits per heavy atom. The van der Waals surface area contributed by atoms with Crippen molar-refractivity contribution in [3.8, 4) is 0 Å². The van der Waals surface area contributed by atoms with E-state index in [1.54, 1.807) is 0 Å². The molecular weight excluding hydrogens is 219 g/mol. The number of rotatable bonds is 0. The van der Waals surface area contributed by atoms with E-state index in [4.69, 9.17) is 17.5 Å². The molecule has 12 heavy (non-hydrogen) atoms. The Labute approximate surface area is 78.8 Å². The number of hydrogen-bond donors (Lipinski definition) is 0. The maximum Gasteiger partial charge on any atom is 3.00 e. The second-order valence-electron chi connectivity index (χ2n) is 0.408. The first-order chi connectivity index (χ1) is 2.00. The quantitative estimate of drug-likeness (QED) is 0.222. The van der Waals surface area contributed by atoms with E-state index in [9.17, 15) is 0 Å². The van der Waals surface area contributed by atoms with Crippen LogP contribution in [0.15, 0.2) is 0 Å². The van der Waals surface area contributed by atoms with Crippen molar-refractivity contribution in [3.05, 3.63) is 0 Å². The van der Waals surface area contributed by atoms with Crippen molar-refractivity contribution >= 4 is 27.8 Å². The Balaban J connectivity index is -0.00000000381. The van der Waals surface area contributed by atoms with E-state index in [1.165, 1.54) is 0 Å². The largest absolute Gasteiger partial charge is 3.00 e. The van der Waals surface area contributed by atoms with Crippen LogP contribution in [0.5, 0.6) is 0 Å². The molecule has 0 amide bonds. The van der Waals surface area contributed by atoms with E-state index in [-0.39, 0.29) is 50.2 Å². The van der Waals surface area contributed by atoms with Crippen LogP contribution in [0.2, 0.25) is 0 Å². The fourth-order valence-electron chi connectivity index (χ4n) is 0. The van der Waals surface area contributed by atoms with Crippen LogP contribution in [0.25, 0.3) is 0 Å². The zero-order valence-corrected chi connectivity index (χ0v) is 7.54. The fraction of sp³-hybridized carbons (Fsp3) is 0. The zero-order chi connectivity index (χ0) is 4.50. The SMILES string of the molecule is O.O.O.O.O.O=S(=O)([O-])[O-].[Al+3].[OH-]. The molecule has 0 aromatic carbocycles. The van der Waals surface area contributed by atoms with Crippen molar-refractivity contribution < 1.29 is 50.4 Å². The van der Waals surface area contributed by atoms with Gasteiger partial charge in [0, 0.05) is 10.4 Å². The molecule has 0 spiro atoms. The Kier molecular flexibility index (Phi) is 221. The summed E-state index contributed by atoms with van der Waals surface area (Å²) in [5.74, 6) is 0. The molecular formula is H11AlO10S. The summed E-state index contributed by atoms with van der Waals surface area (Å²) < 4.78 is 34.1. The predicted octanol–water partition coefficient (Wildman–Crippen LogP) is -6.02. The smallest absolute Gasteiger partial charge is 0.870 e. The molecule has 0 aliphatic carbocycles. The molecule has 11 N–H and O–H groups in total. The predicted molar refractivity (Wildman–Crippen MR) is 36.2 cm³/mol. The molecule has 10 nitrogen and oxygen atoms in total. The topological polar surface area (TPSA) is 268 Å². The van der Waals surface area contributed by atoms with E-state index in [0.29, 0.717) is 0 Å². The molecule has 0 aliphatic rings. The number of hydrogen-bond acceptors (Lipinski definition) is 5. The van der Waals surface area contributed by atoms with Crippen LogP contribution in [-0.2, 0) is 10.4 Å². The van der Waals surface area contributed by atoms with E-state index >= 15 is 0 Å². The summed E-state index contributed by atoms with van der Waals surface area (Å²) >= 11 is 0. The van der Waals surface area contributed by atoms with Gasteiger partial charge in [0.05, 0.1) is 0 Å². The summed E-state index contributed by atoms with van der Waals surface area (Å²) in [4.78, 5) is 0. The first kappa shape index (κ1) is 87.5. The second-order valence-corrected chi connectivity index (χ2v) is 1.22. The summed E-state index contributed by atoms with van der Waals surface area (Å²) in [6, 6.07) is 0. The third kappa shape index (κ3) is 32300. The summed E-state index contributed by atoms with van der Waals surface area (Å²) in [6.07, 6.45) is 0. The first-order valence-electron chi connectivity index (χ1n) is 0.667. The van der Waals surface area contributed by atoms with Gasteiger partial charge in [-0.05, 0) is 0 Å². The van der Waals surface area contributed by atoms with Crippen molar-refractivity contribution in [1.29, 1.82) is 0 Å². The molecule has 0 saturated heterocycles. The molecule has 0 aromatic rings. The molecule has 0 aliphatic heterocycles. The average molecular weight is 230 g/mol. The van der Waals surface area contributed by atoms with Gasteiger partial charge in [0.2, 0.25) is 0 Å². The summed E-state index contributed by atoms with van der Waals surface area (Å²) in [5, 5.41) is 0. The fourth-order valence-corrected chi connectivity index (χ4v) is 0. The van der Waals surface area contributed by atoms with Gasteiger partial charge in [-0.3, -0.25) is 8.42 Å². The molecule has 0 radical (unpaired) electrons. The molecule has 0 fully saturated rings. The molecule has 0 atom stereocenters. The zero-order valence-electron chi connectivity index (χ0n) is 5.57. The summed E-state index contributed by atoms with van der Waals surface area (Å²) in [6.45, 7) is 0. The minimum Gasteiger partial charge on any atom is -0.870 e. The third-order valence-corrected chi connectivity index (χ3v) is 0. The van der Waals surface area contributed by atoms with Gasteiger partial charge in [-0.2, -0.15) is 0 Å². The molecule has 0 saturated carbocycles. The van der Waals surface area contributed by atoms with E-state index < -0.39 is 10.4 Å². The van der Waals surface area contributed by atoms with Gasteiger partial charge in [-0.15, -0.1) is 0 Å². The van der Waals surface area contributed by atoms with Gasteiger partial charge in [0.15, 0.2) is 0 Å². The molecule has 0 bridgehead atoms. The molecule has 0 unspecified atom stereocenters. The van der Waals surface area contributed by atoms with Crippen molar-refractivity contribution in [2.24, 2.45) is 0 Å². The van der Waals surface area contributed by atoms with Crippen LogP contribution in [0.1, 0.15) is 0 Å². The van der Waals surface area contributed by atoms with Gasteiger partial charge < -0.3 is 42.0 Å². The van der Waals surface area contributed by atoms with Crippen LogP contribution in [0.4, 0.5) is 0 Å². The van der Waals surface area contributed by atoms with Crippen LogP contribution in [0, 0.1) is 0 Å². The Morgan fingerprint density at radius 3 is 0.750 bits per heavy atom.